The van der Waals surface area contributed by atoms with Gasteiger partial charge in [-0.2, -0.15) is 0 Å². The summed E-state index contributed by atoms with van der Waals surface area (Å²) >= 11 is 0. The van der Waals surface area contributed by atoms with Crippen molar-refractivity contribution in [1.82, 2.24) is 10.8 Å². The van der Waals surface area contributed by atoms with Crippen LogP contribution in [0.4, 0.5) is 0 Å². The highest BCUT2D eigenvalue weighted by molar-refractivity contribution is 5.80. The smallest absolute Gasteiger partial charge is 0.246 e. The molecule has 180 valence electrons. The maximum atomic E-state index is 12.9. The van der Waals surface area contributed by atoms with Crippen LogP contribution in [-0.2, 0) is 25.5 Å². The van der Waals surface area contributed by atoms with Crippen molar-refractivity contribution in [1.29, 1.82) is 0 Å². The molecule has 0 aromatic heterocycles. The Morgan fingerprint density at radius 3 is 2.59 bits per heavy atom. The van der Waals surface area contributed by atoms with Crippen LogP contribution in [0.3, 0.4) is 0 Å². The normalized spacial score (nSPS) is 20.2. The van der Waals surface area contributed by atoms with Crippen molar-refractivity contribution in [3.05, 3.63) is 29.8 Å². The van der Waals surface area contributed by atoms with Gasteiger partial charge in [-0.1, -0.05) is 19.1 Å². The number of carbonyl (C=O) groups excluding carboxylic acids is 2. The molecule has 1 aromatic rings. The van der Waals surface area contributed by atoms with Gasteiger partial charge in [0.15, 0.2) is 0 Å². The van der Waals surface area contributed by atoms with Crippen molar-refractivity contribution in [2.24, 2.45) is 17.8 Å². The fraction of sp³-hybridized carbons (Fsp3) is 0.667. The highest BCUT2D eigenvalue weighted by Gasteiger charge is 2.29. The second-order valence-electron chi connectivity index (χ2n) is 8.61. The molecule has 0 unspecified atom stereocenters. The van der Waals surface area contributed by atoms with Gasteiger partial charge in [-0.3, -0.25) is 14.8 Å². The van der Waals surface area contributed by atoms with E-state index in [1.54, 1.807) is 12.6 Å². The Hall–Kier alpha value is -2.16. The van der Waals surface area contributed by atoms with E-state index in [4.69, 9.17) is 14.2 Å². The van der Waals surface area contributed by atoms with Crippen LogP contribution in [0.1, 0.15) is 51.5 Å². The van der Waals surface area contributed by atoms with E-state index in [1.807, 2.05) is 31.2 Å². The first-order valence-electron chi connectivity index (χ1n) is 11.5. The number of amides is 2. The summed E-state index contributed by atoms with van der Waals surface area (Å²) in [4.78, 5) is 25.3. The lowest BCUT2D eigenvalue weighted by Gasteiger charge is -2.29. The van der Waals surface area contributed by atoms with Crippen LogP contribution in [0, 0.1) is 17.8 Å². The third-order valence-corrected chi connectivity index (χ3v) is 6.09. The van der Waals surface area contributed by atoms with Gasteiger partial charge in [-0.05, 0) is 69.1 Å². The van der Waals surface area contributed by atoms with Crippen molar-refractivity contribution in [3.8, 4) is 5.75 Å². The van der Waals surface area contributed by atoms with Gasteiger partial charge in [0.25, 0.3) is 0 Å². The van der Waals surface area contributed by atoms with Crippen LogP contribution in [-0.4, -0.2) is 50.2 Å². The van der Waals surface area contributed by atoms with Crippen molar-refractivity contribution in [2.45, 2.75) is 58.4 Å². The summed E-state index contributed by atoms with van der Waals surface area (Å²) in [5.74, 6) is 0.297. The molecule has 0 heterocycles. The predicted octanol–water partition coefficient (Wildman–Crippen LogP) is 3.07. The SMILES string of the molecule is CCOCOC[C@H](C[C@H](Cc1cccc(OC)c1)C(=O)NO)NC(=O)C1CCC(C)CC1. The summed E-state index contributed by atoms with van der Waals surface area (Å²) in [5.41, 5.74) is 2.67. The summed E-state index contributed by atoms with van der Waals surface area (Å²) in [5, 5.41) is 12.4. The highest BCUT2D eigenvalue weighted by atomic mass is 16.7. The zero-order valence-corrected chi connectivity index (χ0v) is 19.5. The number of hydrogen-bond donors (Lipinski definition) is 3. The first-order valence-corrected chi connectivity index (χ1v) is 11.5. The quantitative estimate of drug-likeness (QED) is 0.185. The monoisotopic (exact) mass is 450 g/mol. The summed E-state index contributed by atoms with van der Waals surface area (Å²) in [6.45, 7) is 4.97. The van der Waals surface area contributed by atoms with E-state index in [9.17, 15) is 14.8 Å². The summed E-state index contributed by atoms with van der Waals surface area (Å²) in [6.07, 6.45) is 4.57. The van der Waals surface area contributed by atoms with Gasteiger partial charge in [-0.15, -0.1) is 0 Å². The Kier molecular flexibility index (Phi) is 11.5. The van der Waals surface area contributed by atoms with E-state index >= 15 is 0 Å². The van der Waals surface area contributed by atoms with Gasteiger partial charge in [0.05, 0.1) is 19.8 Å². The molecule has 3 N–H and O–H groups in total. The summed E-state index contributed by atoms with van der Waals surface area (Å²) < 4.78 is 16.1. The number of carbonyl (C=O) groups is 2. The molecular weight excluding hydrogens is 412 g/mol. The lowest BCUT2D eigenvalue weighted by Crippen LogP contribution is -2.45. The van der Waals surface area contributed by atoms with Crippen molar-refractivity contribution < 1.29 is 29.0 Å². The molecule has 2 rings (SSSR count). The van der Waals surface area contributed by atoms with Gasteiger partial charge in [0.1, 0.15) is 12.5 Å². The van der Waals surface area contributed by atoms with E-state index in [2.05, 4.69) is 12.2 Å². The molecule has 0 bridgehead atoms. The largest absolute Gasteiger partial charge is 0.497 e. The minimum absolute atomic E-state index is 0.00597. The standard InChI is InChI=1S/C24H38N2O6/c1-4-31-16-32-15-21(25-23(27)19-10-8-17(2)9-11-19)14-20(24(28)26-29)12-18-6-5-7-22(13-18)30-3/h5-7,13,17,19-21,29H,4,8-12,14-16H2,1-3H3,(H,25,27)(H,26,28)/t17?,19?,20-,21-/m0/s1. The lowest BCUT2D eigenvalue weighted by molar-refractivity contribution is -0.135. The molecule has 0 spiro atoms. The molecule has 1 fully saturated rings. The first-order chi connectivity index (χ1) is 15.5. The molecule has 0 radical (unpaired) electrons. The Balaban J connectivity index is 2.07. The molecule has 1 saturated carbocycles. The molecule has 0 saturated heterocycles. The Bertz CT molecular complexity index is 705. The lowest BCUT2D eigenvalue weighted by atomic mass is 9.82. The topological polar surface area (TPSA) is 106 Å². The predicted molar refractivity (Wildman–Crippen MR) is 120 cm³/mol. The molecule has 1 aliphatic carbocycles. The number of nitrogens with one attached hydrogen (secondary N) is 2. The van der Waals surface area contributed by atoms with E-state index in [0.717, 1.165) is 31.2 Å². The van der Waals surface area contributed by atoms with Crippen LogP contribution in [0.25, 0.3) is 0 Å². The average molecular weight is 451 g/mol. The Morgan fingerprint density at radius 2 is 1.94 bits per heavy atom. The van der Waals surface area contributed by atoms with E-state index in [-0.39, 0.29) is 31.3 Å². The van der Waals surface area contributed by atoms with Crippen molar-refractivity contribution in [3.63, 3.8) is 0 Å². The summed E-state index contributed by atoms with van der Waals surface area (Å²) in [6, 6.07) is 7.08. The van der Waals surface area contributed by atoms with Crippen LogP contribution in [0.2, 0.25) is 0 Å². The molecule has 0 aliphatic heterocycles. The molecule has 1 aliphatic rings. The zero-order valence-electron chi connectivity index (χ0n) is 19.5. The minimum atomic E-state index is -0.556. The zero-order chi connectivity index (χ0) is 23.3. The highest BCUT2D eigenvalue weighted by Crippen LogP contribution is 2.28. The number of ether oxygens (including phenoxy) is 3. The molecular formula is C24H38N2O6. The number of hydroxylamine groups is 1. The third-order valence-electron chi connectivity index (χ3n) is 6.09. The fourth-order valence-electron chi connectivity index (χ4n) is 4.14. The van der Waals surface area contributed by atoms with E-state index in [0.29, 0.717) is 31.1 Å². The number of rotatable bonds is 13. The van der Waals surface area contributed by atoms with Crippen molar-refractivity contribution >= 4 is 11.8 Å². The van der Waals surface area contributed by atoms with Crippen LogP contribution >= 0.6 is 0 Å². The Morgan fingerprint density at radius 1 is 1.19 bits per heavy atom. The summed E-state index contributed by atoms with van der Waals surface area (Å²) in [7, 11) is 1.59. The number of benzene rings is 1. The molecule has 8 nitrogen and oxygen atoms in total. The third kappa shape index (κ3) is 8.76. The van der Waals surface area contributed by atoms with Gasteiger partial charge in [0.2, 0.25) is 11.8 Å². The molecule has 8 heteroatoms. The fourth-order valence-corrected chi connectivity index (χ4v) is 4.14. The second-order valence-corrected chi connectivity index (χ2v) is 8.61. The maximum absolute atomic E-state index is 12.9. The molecule has 2 amide bonds. The van der Waals surface area contributed by atoms with Gasteiger partial charge >= 0.3 is 0 Å². The average Bonchev–Trinajstić information content (AvgIpc) is 2.81. The maximum Gasteiger partial charge on any atom is 0.246 e. The number of methoxy groups -OCH3 is 1. The first kappa shape index (κ1) is 26.1. The van der Waals surface area contributed by atoms with Gasteiger partial charge in [0, 0.05) is 18.4 Å². The van der Waals surface area contributed by atoms with Crippen LogP contribution in [0.15, 0.2) is 24.3 Å². The van der Waals surface area contributed by atoms with E-state index < -0.39 is 11.8 Å². The van der Waals surface area contributed by atoms with Crippen molar-refractivity contribution in [2.75, 3.05) is 27.1 Å². The molecule has 2 atom stereocenters. The minimum Gasteiger partial charge on any atom is -0.497 e. The van der Waals surface area contributed by atoms with E-state index in [1.165, 1.54) is 0 Å². The Labute approximate surface area is 191 Å². The molecule has 1 aromatic carbocycles. The van der Waals surface area contributed by atoms with Crippen LogP contribution < -0.4 is 15.5 Å². The second kappa shape index (κ2) is 14.1. The molecule has 32 heavy (non-hydrogen) atoms. The van der Waals surface area contributed by atoms with Gasteiger partial charge < -0.3 is 19.5 Å². The number of hydrogen-bond acceptors (Lipinski definition) is 6. The van der Waals surface area contributed by atoms with Gasteiger partial charge in [-0.25, -0.2) is 5.48 Å². The van der Waals surface area contributed by atoms with Crippen LogP contribution in [0.5, 0.6) is 5.75 Å².